The molecular formula is C13H15F3N4O. The molecular weight excluding hydrogens is 285 g/mol. The van der Waals surface area contributed by atoms with Gasteiger partial charge >= 0.3 is 6.18 Å². The molecule has 8 heteroatoms. The number of carbonyl (C=O) groups is 1. The summed E-state index contributed by atoms with van der Waals surface area (Å²) in [6.45, 7) is 2.02. The number of amides is 1. The number of carbonyl (C=O) groups excluding carboxylic acids is 1. The Morgan fingerprint density at radius 3 is 2.38 bits per heavy atom. The number of aromatic amines is 1. The van der Waals surface area contributed by atoms with Gasteiger partial charge in [0.25, 0.3) is 5.91 Å². The molecule has 1 amide bonds. The summed E-state index contributed by atoms with van der Waals surface area (Å²) in [6, 6.07) is 8.45. The van der Waals surface area contributed by atoms with Crippen LogP contribution in [0.2, 0.25) is 0 Å². The molecule has 2 rings (SSSR count). The summed E-state index contributed by atoms with van der Waals surface area (Å²) in [7, 11) is 1.31. The number of nitrogens with two attached hydrogens (primary N) is 1. The quantitative estimate of drug-likeness (QED) is 0.707. The molecule has 21 heavy (non-hydrogen) atoms. The van der Waals surface area contributed by atoms with E-state index in [4.69, 9.17) is 5.73 Å². The molecule has 0 saturated carbocycles. The summed E-state index contributed by atoms with van der Waals surface area (Å²) in [5.74, 6) is -0.660. The summed E-state index contributed by atoms with van der Waals surface area (Å²) >= 11 is 0. The van der Waals surface area contributed by atoms with Crippen molar-refractivity contribution in [2.45, 2.75) is 13.1 Å². The van der Waals surface area contributed by atoms with E-state index in [2.05, 4.69) is 10.4 Å². The third kappa shape index (κ3) is 5.17. The number of aromatic nitrogens is 2. The van der Waals surface area contributed by atoms with Crippen LogP contribution in [0.15, 0.2) is 30.3 Å². The monoisotopic (exact) mass is 300 g/mol. The summed E-state index contributed by atoms with van der Waals surface area (Å²) in [5.41, 5.74) is 6.19. The lowest BCUT2D eigenvalue weighted by atomic mass is 10.2. The standard InChI is InChI=1S/C7H9N.C6H6F3N3O/c1-6-3-2-4-7(8)5-6;1-10-5(13)3-2-4(12-11-3)6(7,8)9/h2-5H,8H2,1H3;2H,1H3,(H,10,13)(H,11,12). The van der Waals surface area contributed by atoms with Crippen LogP contribution in [0.4, 0.5) is 18.9 Å². The Morgan fingerprint density at radius 2 is 2.00 bits per heavy atom. The summed E-state index contributed by atoms with van der Waals surface area (Å²) in [6.07, 6.45) is -4.50. The zero-order chi connectivity index (χ0) is 16.0. The second-order valence-corrected chi connectivity index (χ2v) is 4.16. The van der Waals surface area contributed by atoms with Crippen molar-refractivity contribution >= 4 is 11.6 Å². The van der Waals surface area contributed by atoms with E-state index in [-0.39, 0.29) is 5.69 Å². The number of nitrogen functional groups attached to an aromatic ring is 1. The molecule has 4 N–H and O–H groups in total. The van der Waals surface area contributed by atoms with Crippen LogP contribution < -0.4 is 11.1 Å². The molecule has 0 aliphatic heterocycles. The van der Waals surface area contributed by atoms with Gasteiger partial charge < -0.3 is 11.1 Å². The first-order chi connectivity index (χ1) is 9.74. The molecule has 114 valence electrons. The van der Waals surface area contributed by atoms with Crippen molar-refractivity contribution < 1.29 is 18.0 Å². The number of alkyl halides is 3. The fourth-order valence-corrected chi connectivity index (χ4v) is 1.38. The Balaban J connectivity index is 0.000000235. The van der Waals surface area contributed by atoms with Crippen LogP contribution in [-0.4, -0.2) is 23.2 Å². The molecule has 0 unspecified atom stereocenters. The Hall–Kier alpha value is -2.51. The molecule has 0 fully saturated rings. The van der Waals surface area contributed by atoms with E-state index in [1.807, 2.05) is 31.2 Å². The van der Waals surface area contributed by atoms with E-state index in [1.54, 1.807) is 5.10 Å². The zero-order valence-corrected chi connectivity index (χ0v) is 11.5. The van der Waals surface area contributed by atoms with Gasteiger partial charge in [0.2, 0.25) is 0 Å². The van der Waals surface area contributed by atoms with Gasteiger partial charge in [-0.05, 0) is 24.6 Å². The minimum atomic E-state index is -4.50. The van der Waals surface area contributed by atoms with Crippen LogP contribution in [0.5, 0.6) is 0 Å². The third-order valence-electron chi connectivity index (χ3n) is 2.39. The highest BCUT2D eigenvalue weighted by molar-refractivity contribution is 5.92. The summed E-state index contributed by atoms with van der Waals surface area (Å²) < 4.78 is 35.9. The molecule has 0 bridgehead atoms. The number of nitrogens with zero attached hydrogens (tertiary/aromatic N) is 1. The van der Waals surface area contributed by atoms with Crippen molar-refractivity contribution in [3.8, 4) is 0 Å². The first kappa shape index (κ1) is 16.5. The average molecular weight is 300 g/mol. The lowest BCUT2D eigenvalue weighted by molar-refractivity contribution is -0.141. The highest BCUT2D eigenvalue weighted by atomic mass is 19.4. The van der Waals surface area contributed by atoms with Crippen LogP contribution in [0, 0.1) is 6.92 Å². The van der Waals surface area contributed by atoms with Gasteiger partial charge in [0.1, 0.15) is 5.69 Å². The maximum absolute atomic E-state index is 12.0. The minimum absolute atomic E-state index is 0.283. The number of aryl methyl sites for hydroxylation is 1. The Morgan fingerprint density at radius 1 is 1.33 bits per heavy atom. The summed E-state index contributed by atoms with van der Waals surface area (Å²) in [4.78, 5) is 10.8. The Bertz CT molecular complexity index is 590. The van der Waals surface area contributed by atoms with E-state index in [1.165, 1.54) is 12.6 Å². The molecule has 0 saturated heterocycles. The van der Waals surface area contributed by atoms with Crippen LogP contribution in [0.1, 0.15) is 21.7 Å². The van der Waals surface area contributed by atoms with Crippen LogP contribution in [0.25, 0.3) is 0 Å². The predicted octanol–water partition coefficient (Wildman–Crippen LogP) is 2.37. The SMILES string of the molecule is CNC(=O)c1cc(C(F)(F)F)[nH]n1.Cc1cccc(N)c1. The van der Waals surface area contributed by atoms with Gasteiger partial charge in [-0.1, -0.05) is 12.1 Å². The van der Waals surface area contributed by atoms with Crippen LogP contribution in [0.3, 0.4) is 0 Å². The van der Waals surface area contributed by atoms with Crippen LogP contribution >= 0.6 is 0 Å². The second-order valence-electron chi connectivity index (χ2n) is 4.16. The fraction of sp³-hybridized carbons (Fsp3) is 0.231. The van der Waals surface area contributed by atoms with Gasteiger partial charge in [-0.3, -0.25) is 9.89 Å². The van der Waals surface area contributed by atoms with Gasteiger partial charge in [0.15, 0.2) is 5.69 Å². The normalized spacial score (nSPS) is 10.5. The number of rotatable bonds is 1. The predicted molar refractivity (Wildman–Crippen MR) is 72.6 cm³/mol. The first-order valence-corrected chi connectivity index (χ1v) is 5.91. The average Bonchev–Trinajstić information content (AvgIpc) is 2.87. The molecule has 0 aliphatic carbocycles. The highest BCUT2D eigenvalue weighted by Gasteiger charge is 2.33. The van der Waals surface area contributed by atoms with Crippen molar-refractivity contribution in [2.24, 2.45) is 0 Å². The van der Waals surface area contributed by atoms with E-state index < -0.39 is 17.8 Å². The smallest absolute Gasteiger partial charge is 0.399 e. The molecule has 0 atom stereocenters. The number of nitrogens with one attached hydrogen (secondary N) is 2. The molecule has 1 aromatic heterocycles. The van der Waals surface area contributed by atoms with Crippen molar-refractivity contribution in [1.82, 2.24) is 15.5 Å². The van der Waals surface area contributed by atoms with Crippen molar-refractivity contribution in [3.05, 3.63) is 47.3 Å². The molecule has 1 aromatic carbocycles. The van der Waals surface area contributed by atoms with Crippen molar-refractivity contribution in [3.63, 3.8) is 0 Å². The molecule has 1 heterocycles. The van der Waals surface area contributed by atoms with Crippen molar-refractivity contribution in [1.29, 1.82) is 0 Å². The van der Waals surface area contributed by atoms with Crippen LogP contribution in [-0.2, 0) is 6.18 Å². The number of benzene rings is 1. The first-order valence-electron chi connectivity index (χ1n) is 5.91. The number of H-pyrrole nitrogens is 1. The van der Waals surface area contributed by atoms with E-state index in [0.29, 0.717) is 6.07 Å². The number of hydrogen-bond donors (Lipinski definition) is 3. The van der Waals surface area contributed by atoms with Gasteiger partial charge in [0, 0.05) is 18.8 Å². The molecule has 5 nitrogen and oxygen atoms in total. The molecule has 0 spiro atoms. The van der Waals surface area contributed by atoms with Gasteiger partial charge in [-0.15, -0.1) is 0 Å². The van der Waals surface area contributed by atoms with E-state index in [9.17, 15) is 18.0 Å². The van der Waals surface area contributed by atoms with E-state index >= 15 is 0 Å². The molecule has 2 aromatic rings. The number of hydrogen-bond acceptors (Lipinski definition) is 3. The summed E-state index contributed by atoms with van der Waals surface area (Å²) in [5, 5.41) is 7.08. The number of anilines is 1. The maximum Gasteiger partial charge on any atom is 0.432 e. The van der Waals surface area contributed by atoms with Gasteiger partial charge in [0.05, 0.1) is 0 Å². The Labute approximate surface area is 119 Å². The second kappa shape index (κ2) is 6.78. The minimum Gasteiger partial charge on any atom is -0.399 e. The number of halogens is 3. The zero-order valence-electron chi connectivity index (χ0n) is 11.5. The largest absolute Gasteiger partial charge is 0.432 e. The maximum atomic E-state index is 12.0. The lowest BCUT2D eigenvalue weighted by Crippen LogP contribution is -2.18. The van der Waals surface area contributed by atoms with Crippen molar-refractivity contribution in [2.75, 3.05) is 12.8 Å². The van der Waals surface area contributed by atoms with Gasteiger partial charge in [-0.2, -0.15) is 18.3 Å². The van der Waals surface area contributed by atoms with Gasteiger partial charge in [-0.25, -0.2) is 0 Å². The Kier molecular flexibility index (Phi) is 5.34. The lowest BCUT2D eigenvalue weighted by Gasteiger charge is -1.99. The van der Waals surface area contributed by atoms with E-state index in [0.717, 1.165) is 5.69 Å². The topological polar surface area (TPSA) is 83.8 Å². The highest BCUT2D eigenvalue weighted by Crippen LogP contribution is 2.27. The fourth-order valence-electron chi connectivity index (χ4n) is 1.38. The molecule has 0 radical (unpaired) electrons. The third-order valence-corrected chi connectivity index (χ3v) is 2.39. The molecule has 0 aliphatic rings.